The van der Waals surface area contributed by atoms with Crippen molar-refractivity contribution in [2.75, 3.05) is 13.2 Å². The van der Waals surface area contributed by atoms with E-state index in [0.717, 1.165) is 12.3 Å². The number of ether oxygens (including phenoxy) is 1. The molecule has 1 saturated carbocycles. The molecule has 0 amide bonds. The Balaban J connectivity index is 2.25. The maximum Gasteiger partial charge on any atom is 0.333 e. The summed E-state index contributed by atoms with van der Waals surface area (Å²) in [6.45, 7) is 7.69. The van der Waals surface area contributed by atoms with Crippen molar-refractivity contribution in [3.8, 4) is 0 Å². The lowest BCUT2D eigenvalue weighted by Crippen LogP contribution is -2.23. The van der Waals surface area contributed by atoms with Crippen molar-refractivity contribution >= 4 is 5.97 Å². The molecule has 0 heterocycles. The summed E-state index contributed by atoms with van der Waals surface area (Å²) in [5.41, 5.74) is 0.415. The SMILES string of the molecule is C=C(C)C(=O)OCC(CO)CC1CCC(CC/C=C/C)CC1. The fourth-order valence-electron chi connectivity index (χ4n) is 3.24. The Hall–Kier alpha value is -1.09. The third kappa shape index (κ3) is 7.26. The van der Waals surface area contributed by atoms with E-state index in [2.05, 4.69) is 25.7 Å². The van der Waals surface area contributed by atoms with Crippen LogP contribution in [0.15, 0.2) is 24.3 Å². The van der Waals surface area contributed by atoms with Crippen molar-refractivity contribution in [1.29, 1.82) is 0 Å². The van der Waals surface area contributed by atoms with Crippen molar-refractivity contribution < 1.29 is 14.6 Å². The molecule has 3 heteroatoms. The predicted molar refractivity (Wildman–Crippen MR) is 90.5 cm³/mol. The molecule has 0 aromatic carbocycles. The average molecular weight is 308 g/mol. The van der Waals surface area contributed by atoms with Crippen LogP contribution < -0.4 is 0 Å². The Labute approximate surface area is 135 Å². The van der Waals surface area contributed by atoms with Gasteiger partial charge in [-0.15, -0.1) is 0 Å². The van der Waals surface area contributed by atoms with Gasteiger partial charge in [0.15, 0.2) is 0 Å². The van der Waals surface area contributed by atoms with Gasteiger partial charge in [-0.25, -0.2) is 4.79 Å². The fourth-order valence-corrected chi connectivity index (χ4v) is 3.24. The normalized spacial score (nSPS) is 23.4. The highest BCUT2D eigenvalue weighted by Crippen LogP contribution is 2.34. The molecule has 126 valence electrons. The van der Waals surface area contributed by atoms with Gasteiger partial charge in [-0.2, -0.15) is 0 Å². The molecular formula is C19H32O3. The van der Waals surface area contributed by atoms with Crippen LogP contribution in [0, 0.1) is 17.8 Å². The van der Waals surface area contributed by atoms with E-state index in [1.54, 1.807) is 6.92 Å². The van der Waals surface area contributed by atoms with E-state index in [1.807, 2.05) is 0 Å². The molecule has 1 fully saturated rings. The highest BCUT2D eigenvalue weighted by molar-refractivity contribution is 5.86. The number of carbonyl (C=O) groups excluding carboxylic acids is 1. The molecule has 0 saturated heterocycles. The molecule has 1 N–H and O–H groups in total. The smallest absolute Gasteiger partial charge is 0.333 e. The van der Waals surface area contributed by atoms with Crippen LogP contribution in [0.25, 0.3) is 0 Å². The van der Waals surface area contributed by atoms with Gasteiger partial charge in [-0.1, -0.05) is 44.4 Å². The minimum absolute atomic E-state index is 0.0628. The van der Waals surface area contributed by atoms with Crippen LogP contribution in [0.1, 0.15) is 58.8 Å². The predicted octanol–water partition coefficient (Wildman–Crippen LogP) is 4.27. The van der Waals surface area contributed by atoms with E-state index < -0.39 is 0 Å². The first-order chi connectivity index (χ1) is 10.6. The minimum Gasteiger partial charge on any atom is -0.462 e. The summed E-state index contributed by atoms with van der Waals surface area (Å²) in [6, 6.07) is 0. The fraction of sp³-hybridized carbons (Fsp3) is 0.737. The molecule has 0 radical (unpaired) electrons. The second-order valence-electron chi connectivity index (χ2n) is 6.70. The van der Waals surface area contributed by atoms with Crippen LogP contribution in [0.2, 0.25) is 0 Å². The van der Waals surface area contributed by atoms with E-state index >= 15 is 0 Å². The lowest BCUT2D eigenvalue weighted by molar-refractivity contribution is -0.140. The molecular weight excluding hydrogens is 276 g/mol. The minimum atomic E-state index is -0.355. The maximum absolute atomic E-state index is 11.4. The number of esters is 1. The number of aliphatic hydroxyl groups is 1. The van der Waals surface area contributed by atoms with Gasteiger partial charge < -0.3 is 9.84 Å². The molecule has 1 aliphatic carbocycles. The Bertz CT molecular complexity index is 365. The summed E-state index contributed by atoms with van der Waals surface area (Å²) >= 11 is 0. The highest BCUT2D eigenvalue weighted by Gasteiger charge is 2.24. The summed E-state index contributed by atoms with van der Waals surface area (Å²) < 4.78 is 5.18. The number of hydrogen-bond donors (Lipinski definition) is 1. The first-order valence-electron chi connectivity index (χ1n) is 8.61. The summed E-state index contributed by atoms with van der Waals surface area (Å²) in [5, 5.41) is 9.48. The number of rotatable bonds is 9. The van der Waals surface area contributed by atoms with E-state index in [1.165, 1.54) is 38.5 Å². The first kappa shape index (κ1) is 19.0. The van der Waals surface area contributed by atoms with Gasteiger partial charge in [-0.05, 0) is 44.9 Å². The van der Waals surface area contributed by atoms with Gasteiger partial charge in [0.2, 0.25) is 0 Å². The molecule has 1 unspecified atom stereocenters. The van der Waals surface area contributed by atoms with Gasteiger partial charge in [0.05, 0.1) is 6.61 Å². The molecule has 1 aliphatic rings. The molecule has 1 atom stereocenters. The second-order valence-corrected chi connectivity index (χ2v) is 6.70. The molecule has 0 aromatic heterocycles. The number of aliphatic hydroxyl groups excluding tert-OH is 1. The Kier molecular flexibility index (Phi) is 9.14. The summed E-state index contributed by atoms with van der Waals surface area (Å²) in [6.07, 6.45) is 12.9. The molecule has 22 heavy (non-hydrogen) atoms. The van der Waals surface area contributed by atoms with Gasteiger partial charge in [0.25, 0.3) is 0 Å². The molecule has 0 spiro atoms. The highest BCUT2D eigenvalue weighted by atomic mass is 16.5. The maximum atomic E-state index is 11.4. The standard InChI is InChI=1S/C19H32O3/c1-4-5-6-7-16-8-10-17(11-9-16)12-18(13-20)14-22-19(21)15(2)3/h4-5,16-18,20H,2,6-14H2,1,3H3/b5-4+. The Morgan fingerprint density at radius 2 is 1.95 bits per heavy atom. The average Bonchev–Trinajstić information content (AvgIpc) is 2.52. The van der Waals surface area contributed by atoms with E-state index in [4.69, 9.17) is 4.74 Å². The van der Waals surface area contributed by atoms with E-state index in [0.29, 0.717) is 18.1 Å². The van der Waals surface area contributed by atoms with Crippen molar-refractivity contribution in [3.05, 3.63) is 24.3 Å². The molecule has 0 aliphatic heterocycles. The van der Waals surface area contributed by atoms with Crippen LogP contribution in [0.5, 0.6) is 0 Å². The van der Waals surface area contributed by atoms with Gasteiger partial charge in [0.1, 0.15) is 0 Å². The first-order valence-corrected chi connectivity index (χ1v) is 8.61. The molecule has 3 nitrogen and oxygen atoms in total. The van der Waals surface area contributed by atoms with Crippen molar-refractivity contribution in [1.82, 2.24) is 0 Å². The Morgan fingerprint density at radius 3 is 2.50 bits per heavy atom. The zero-order valence-electron chi connectivity index (χ0n) is 14.2. The van der Waals surface area contributed by atoms with Crippen molar-refractivity contribution in [2.24, 2.45) is 17.8 Å². The number of hydrogen-bond acceptors (Lipinski definition) is 3. The number of carbonyl (C=O) groups is 1. The number of allylic oxidation sites excluding steroid dienone is 2. The van der Waals surface area contributed by atoms with Crippen molar-refractivity contribution in [3.63, 3.8) is 0 Å². The van der Waals surface area contributed by atoms with Gasteiger partial charge >= 0.3 is 5.97 Å². The lowest BCUT2D eigenvalue weighted by atomic mass is 9.77. The zero-order valence-corrected chi connectivity index (χ0v) is 14.2. The molecule has 0 aromatic rings. The van der Waals surface area contributed by atoms with Crippen LogP contribution in [0.3, 0.4) is 0 Å². The third-order valence-corrected chi connectivity index (χ3v) is 4.67. The quantitative estimate of drug-likeness (QED) is 0.393. The lowest BCUT2D eigenvalue weighted by Gasteiger charge is -2.30. The summed E-state index contributed by atoms with van der Waals surface area (Å²) in [7, 11) is 0. The zero-order chi connectivity index (χ0) is 16.4. The largest absolute Gasteiger partial charge is 0.462 e. The monoisotopic (exact) mass is 308 g/mol. The molecule has 1 rings (SSSR count). The molecule has 0 bridgehead atoms. The van der Waals surface area contributed by atoms with Crippen LogP contribution in [-0.2, 0) is 9.53 Å². The van der Waals surface area contributed by atoms with Crippen LogP contribution in [0.4, 0.5) is 0 Å². The second kappa shape index (κ2) is 10.6. The Morgan fingerprint density at radius 1 is 1.32 bits per heavy atom. The summed E-state index contributed by atoms with van der Waals surface area (Å²) in [4.78, 5) is 11.4. The van der Waals surface area contributed by atoms with E-state index in [9.17, 15) is 9.90 Å². The third-order valence-electron chi connectivity index (χ3n) is 4.67. The van der Waals surface area contributed by atoms with Crippen molar-refractivity contribution in [2.45, 2.75) is 58.8 Å². The topological polar surface area (TPSA) is 46.5 Å². The van der Waals surface area contributed by atoms with Gasteiger partial charge in [-0.3, -0.25) is 0 Å². The van der Waals surface area contributed by atoms with Gasteiger partial charge in [0, 0.05) is 18.1 Å². The summed E-state index contributed by atoms with van der Waals surface area (Å²) in [5.74, 6) is 1.24. The van der Waals surface area contributed by atoms with Crippen LogP contribution >= 0.6 is 0 Å². The van der Waals surface area contributed by atoms with Crippen LogP contribution in [-0.4, -0.2) is 24.3 Å². The van der Waals surface area contributed by atoms with E-state index in [-0.39, 0.29) is 18.5 Å².